The molecular formula is C8H11N3. The van der Waals surface area contributed by atoms with Gasteiger partial charge in [-0.05, 0) is 26.0 Å². The predicted octanol–water partition coefficient (Wildman–Crippen LogP) is 1.02. The molecule has 0 aliphatic carbocycles. The second-order valence-corrected chi connectivity index (χ2v) is 2.75. The topological polar surface area (TPSA) is 27.3 Å². The van der Waals surface area contributed by atoms with Crippen molar-refractivity contribution in [2.75, 3.05) is 0 Å². The van der Waals surface area contributed by atoms with Gasteiger partial charge in [-0.15, -0.1) is 5.53 Å². The van der Waals surface area contributed by atoms with Gasteiger partial charge in [0.1, 0.15) is 0 Å². The summed E-state index contributed by atoms with van der Waals surface area (Å²) < 4.78 is 0. The molecule has 0 bridgehead atoms. The first-order valence-corrected chi connectivity index (χ1v) is 3.66. The first-order valence-electron chi connectivity index (χ1n) is 3.66. The molecule has 0 atom stereocenters. The lowest BCUT2D eigenvalue weighted by Crippen LogP contribution is -2.36. The Morgan fingerprint density at radius 1 is 1.36 bits per heavy atom. The summed E-state index contributed by atoms with van der Waals surface area (Å²) in [6.07, 6.45) is 6.20. The van der Waals surface area contributed by atoms with Crippen LogP contribution in [0.1, 0.15) is 13.8 Å². The number of fused-ring (bicyclic) bond motifs is 1. The maximum absolute atomic E-state index is 3.06. The maximum atomic E-state index is 3.06. The highest BCUT2D eigenvalue weighted by atomic mass is 15.7. The summed E-state index contributed by atoms with van der Waals surface area (Å²) in [5, 5.41) is 2.02. The third-order valence-corrected chi connectivity index (χ3v) is 1.92. The molecule has 2 heterocycles. The molecule has 0 saturated heterocycles. The van der Waals surface area contributed by atoms with Crippen LogP contribution in [0.2, 0.25) is 0 Å². The minimum Gasteiger partial charge on any atom is -0.306 e. The zero-order valence-corrected chi connectivity index (χ0v) is 6.68. The fourth-order valence-corrected chi connectivity index (χ4v) is 1.26. The summed E-state index contributed by atoms with van der Waals surface area (Å²) in [5.41, 5.74) is 9.66. The highest BCUT2D eigenvalue weighted by Gasteiger charge is 2.19. The Labute approximate surface area is 66.0 Å². The van der Waals surface area contributed by atoms with Gasteiger partial charge in [0.15, 0.2) is 0 Å². The first kappa shape index (κ1) is 6.49. The van der Waals surface area contributed by atoms with Gasteiger partial charge in [-0.25, -0.2) is 0 Å². The number of allylic oxidation sites excluding steroid dienone is 5. The lowest BCUT2D eigenvalue weighted by Gasteiger charge is -2.21. The van der Waals surface area contributed by atoms with E-state index in [0.717, 1.165) is 5.70 Å². The van der Waals surface area contributed by atoms with Crippen LogP contribution >= 0.6 is 0 Å². The maximum Gasteiger partial charge on any atom is 0.0792 e. The number of nitrogens with zero attached hydrogens (tertiary/aromatic N) is 1. The van der Waals surface area contributed by atoms with Crippen LogP contribution in [0, 0.1) is 0 Å². The quantitative estimate of drug-likeness (QED) is 0.538. The SMILES string of the molecule is CC1=CC=CC2=C(C)NNN12. The average molecular weight is 149 g/mol. The number of nitrogens with one attached hydrogen (secondary N) is 2. The molecular weight excluding hydrogens is 138 g/mol. The molecule has 2 aliphatic heterocycles. The van der Waals surface area contributed by atoms with Crippen molar-refractivity contribution in [3.63, 3.8) is 0 Å². The van der Waals surface area contributed by atoms with Gasteiger partial charge in [0.25, 0.3) is 0 Å². The third-order valence-electron chi connectivity index (χ3n) is 1.92. The van der Waals surface area contributed by atoms with Crippen molar-refractivity contribution in [2.24, 2.45) is 0 Å². The summed E-state index contributed by atoms with van der Waals surface area (Å²) in [6, 6.07) is 0. The Bertz CT molecular complexity index is 273. The van der Waals surface area contributed by atoms with E-state index >= 15 is 0 Å². The van der Waals surface area contributed by atoms with Gasteiger partial charge >= 0.3 is 0 Å². The minimum atomic E-state index is 1.16. The Kier molecular flexibility index (Phi) is 1.26. The van der Waals surface area contributed by atoms with E-state index in [1.807, 2.05) is 11.9 Å². The van der Waals surface area contributed by atoms with E-state index in [1.54, 1.807) is 0 Å². The zero-order valence-electron chi connectivity index (χ0n) is 6.68. The van der Waals surface area contributed by atoms with Gasteiger partial charge in [0.2, 0.25) is 0 Å². The number of hydrogen-bond donors (Lipinski definition) is 2. The van der Waals surface area contributed by atoms with Crippen molar-refractivity contribution in [1.82, 2.24) is 16.0 Å². The van der Waals surface area contributed by atoms with E-state index in [9.17, 15) is 0 Å². The van der Waals surface area contributed by atoms with Crippen molar-refractivity contribution in [2.45, 2.75) is 13.8 Å². The molecule has 11 heavy (non-hydrogen) atoms. The van der Waals surface area contributed by atoms with Crippen LogP contribution in [0.25, 0.3) is 0 Å². The molecule has 0 unspecified atom stereocenters. The van der Waals surface area contributed by atoms with Crippen LogP contribution in [-0.4, -0.2) is 5.01 Å². The molecule has 0 fully saturated rings. The second-order valence-electron chi connectivity index (χ2n) is 2.75. The van der Waals surface area contributed by atoms with Crippen LogP contribution in [0.5, 0.6) is 0 Å². The number of hydrazine groups is 2. The first-order chi connectivity index (χ1) is 5.29. The third kappa shape index (κ3) is 0.851. The standard InChI is InChI=1S/C8H11N3/c1-6-4-3-5-8-7(2)9-10-11(6)8/h3-5,9-10H,1-2H3. The molecule has 0 aromatic carbocycles. The summed E-state index contributed by atoms with van der Waals surface area (Å²) >= 11 is 0. The van der Waals surface area contributed by atoms with Gasteiger partial charge in [-0.3, -0.25) is 5.01 Å². The van der Waals surface area contributed by atoms with E-state index in [2.05, 4.69) is 36.1 Å². The van der Waals surface area contributed by atoms with Crippen molar-refractivity contribution < 1.29 is 0 Å². The fourth-order valence-electron chi connectivity index (χ4n) is 1.26. The molecule has 2 N–H and O–H groups in total. The summed E-state index contributed by atoms with van der Waals surface area (Å²) in [5.74, 6) is 0. The van der Waals surface area contributed by atoms with Gasteiger partial charge in [-0.2, -0.15) is 0 Å². The van der Waals surface area contributed by atoms with Crippen LogP contribution in [0.4, 0.5) is 0 Å². The van der Waals surface area contributed by atoms with Crippen molar-refractivity contribution in [3.8, 4) is 0 Å². The Balaban J connectivity index is 2.41. The fraction of sp³-hybridized carbons (Fsp3) is 0.250. The average Bonchev–Trinajstić information content (AvgIpc) is 2.35. The highest BCUT2D eigenvalue weighted by Crippen LogP contribution is 2.21. The molecule has 0 aromatic rings. The lowest BCUT2D eigenvalue weighted by molar-refractivity contribution is 0.320. The summed E-state index contributed by atoms with van der Waals surface area (Å²) in [6.45, 7) is 4.11. The van der Waals surface area contributed by atoms with Crippen LogP contribution in [-0.2, 0) is 0 Å². The van der Waals surface area contributed by atoms with Gasteiger partial charge in [0, 0.05) is 5.70 Å². The number of rotatable bonds is 0. The lowest BCUT2D eigenvalue weighted by atomic mass is 10.2. The minimum absolute atomic E-state index is 1.16. The van der Waals surface area contributed by atoms with E-state index in [4.69, 9.17) is 0 Å². The van der Waals surface area contributed by atoms with Crippen molar-refractivity contribution in [3.05, 3.63) is 35.3 Å². The van der Waals surface area contributed by atoms with Crippen LogP contribution < -0.4 is 11.0 Å². The molecule has 0 amide bonds. The normalized spacial score (nSPS) is 21.6. The van der Waals surface area contributed by atoms with E-state index < -0.39 is 0 Å². The van der Waals surface area contributed by atoms with Gasteiger partial charge in [-0.1, -0.05) is 6.08 Å². The molecule has 0 spiro atoms. The van der Waals surface area contributed by atoms with E-state index in [-0.39, 0.29) is 0 Å². The Morgan fingerprint density at radius 2 is 2.18 bits per heavy atom. The van der Waals surface area contributed by atoms with Crippen molar-refractivity contribution >= 4 is 0 Å². The van der Waals surface area contributed by atoms with E-state index in [0.29, 0.717) is 0 Å². The Hall–Kier alpha value is -1.22. The summed E-state index contributed by atoms with van der Waals surface area (Å²) in [4.78, 5) is 0. The van der Waals surface area contributed by atoms with E-state index in [1.165, 1.54) is 11.4 Å². The van der Waals surface area contributed by atoms with Crippen LogP contribution in [0.15, 0.2) is 35.3 Å². The molecule has 58 valence electrons. The molecule has 2 aliphatic rings. The van der Waals surface area contributed by atoms with Crippen molar-refractivity contribution in [1.29, 1.82) is 0 Å². The molecule has 0 radical (unpaired) electrons. The van der Waals surface area contributed by atoms with Gasteiger partial charge < -0.3 is 5.43 Å². The zero-order chi connectivity index (χ0) is 7.84. The Morgan fingerprint density at radius 3 is 2.91 bits per heavy atom. The van der Waals surface area contributed by atoms with Gasteiger partial charge in [0.05, 0.1) is 11.4 Å². The molecule has 0 saturated carbocycles. The molecule has 3 heteroatoms. The second kappa shape index (κ2) is 2.13. The molecule has 3 nitrogen and oxygen atoms in total. The highest BCUT2D eigenvalue weighted by molar-refractivity contribution is 5.35. The summed E-state index contributed by atoms with van der Waals surface area (Å²) in [7, 11) is 0. The smallest absolute Gasteiger partial charge is 0.0792 e. The molecule has 0 aromatic heterocycles. The number of hydrogen-bond acceptors (Lipinski definition) is 3. The molecule has 2 rings (SSSR count). The monoisotopic (exact) mass is 149 g/mol. The predicted molar refractivity (Wildman–Crippen MR) is 43.7 cm³/mol. The largest absolute Gasteiger partial charge is 0.306 e. The van der Waals surface area contributed by atoms with Crippen LogP contribution in [0.3, 0.4) is 0 Å².